The van der Waals surface area contributed by atoms with Crippen LogP contribution in [0.2, 0.25) is 0 Å². The standard InChI is InChI=1S/C20H29NO3/c1-13(2)16-7-9-17(10-8-16)14(3)12-19(22)21-11-5-6-18(15(21)4)20(23)24/h7-10,13-15,18H,5-6,11-12H2,1-4H3,(H,23,24)/t14?,15-,18-/m0/s1. The van der Waals surface area contributed by atoms with Crippen molar-refractivity contribution in [2.45, 2.75) is 64.8 Å². The molecule has 1 aliphatic heterocycles. The third-order valence-corrected chi connectivity index (χ3v) is 5.28. The van der Waals surface area contributed by atoms with Crippen molar-refractivity contribution in [1.29, 1.82) is 0 Å². The number of piperidine rings is 1. The van der Waals surface area contributed by atoms with Crippen LogP contribution in [-0.2, 0) is 9.59 Å². The van der Waals surface area contributed by atoms with Gasteiger partial charge in [-0.2, -0.15) is 0 Å². The van der Waals surface area contributed by atoms with Crippen molar-refractivity contribution in [2.24, 2.45) is 5.92 Å². The van der Waals surface area contributed by atoms with Crippen molar-refractivity contribution in [3.8, 4) is 0 Å². The Balaban J connectivity index is 2.01. The van der Waals surface area contributed by atoms with E-state index in [9.17, 15) is 14.7 Å². The first kappa shape index (κ1) is 18.5. The minimum atomic E-state index is -0.794. The van der Waals surface area contributed by atoms with Crippen LogP contribution in [0.4, 0.5) is 0 Å². The van der Waals surface area contributed by atoms with E-state index in [1.54, 1.807) is 4.90 Å². The molecule has 1 aromatic rings. The molecule has 1 amide bonds. The molecule has 1 unspecified atom stereocenters. The molecule has 0 bridgehead atoms. The minimum Gasteiger partial charge on any atom is -0.481 e. The van der Waals surface area contributed by atoms with Gasteiger partial charge >= 0.3 is 5.97 Å². The van der Waals surface area contributed by atoms with Crippen LogP contribution in [0.25, 0.3) is 0 Å². The van der Waals surface area contributed by atoms with Crippen LogP contribution in [0.15, 0.2) is 24.3 Å². The molecule has 3 atom stereocenters. The fourth-order valence-electron chi connectivity index (χ4n) is 3.53. The number of hydrogen-bond donors (Lipinski definition) is 1. The molecule has 4 nitrogen and oxygen atoms in total. The van der Waals surface area contributed by atoms with Gasteiger partial charge in [0, 0.05) is 19.0 Å². The Morgan fingerprint density at radius 1 is 1.17 bits per heavy atom. The smallest absolute Gasteiger partial charge is 0.308 e. The summed E-state index contributed by atoms with van der Waals surface area (Å²) in [5, 5.41) is 9.30. The molecular formula is C20H29NO3. The minimum absolute atomic E-state index is 0.0638. The van der Waals surface area contributed by atoms with Crippen LogP contribution < -0.4 is 0 Å². The van der Waals surface area contributed by atoms with Crippen molar-refractivity contribution in [1.82, 2.24) is 4.90 Å². The number of nitrogens with zero attached hydrogens (tertiary/aromatic N) is 1. The average molecular weight is 331 g/mol. The second kappa shape index (κ2) is 7.82. The van der Waals surface area contributed by atoms with Gasteiger partial charge in [0.25, 0.3) is 0 Å². The molecular weight excluding hydrogens is 302 g/mol. The first-order valence-corrected chi connectivity index (χ1v) is 8.93. The highest BCUT2D eigenvalue weighted by molar-refractivity contribution is 5.79. The van der Waals surface area contributed by atoms with Crippen LogP contribution >= 0.6 is 0 Å². The fourth-order valence-corrected chi connectivity index (χ4v) is 3.53. The Morgan fingerprint density at radius 2 is 1.75 bits per heavy atom. The highest BCUT2D eigenvalue weighted by Crippen LogP contribution is 2.27. The van der Waals surface area contributed by atoms with Crippen LogP contribution in [0, 0.1) is 5.92 Å². The average Bonchev–Trinajstić information content (AvgIpc) is 2.54. The second-order valence-corrected chi connectivity index (χ2v) is 7.34. The van der Waals surface area contributed by atoms with Crippen LogP contribution in [-0.4, -0.2) is 34.5 Å². The molecule has 2 rings (SSSR count). The number of hydrogen-bond acceptors (Lipinski definition) is 2. The zero-order valence-electron chi connectivity index (χ0n) is 15.2. The molecule has 1 fully saturated rings. The largest absolute Gasteiger partial charge is 0.481 e. The van der Waals surface area contributed by atoms with E-state index in [2.05, 4.69) is 45.0 Å². The Bertz CT molecular complexity index is 579. The van der Waals surface area contributed by atoms with Gasteiger partial charge in [-0.15, -0.1) is 0 Å². The first-order valence-electron chi connectivity index (χ1n) is 8.93. The maximum Gasteiger partial charge on any atom is 0.308 e. The second-order valence-electron chi connectivity index (χ2n) is 7.34. The molecule has 0 saturated carbocycles. The van der Waals surface area contributed by atoms with E-state index in [0.29, 0.717) is 25.3 Å². The van der Waals surface area contributed by atoms with E-state index in [1.165, 1.54) is 5.56 Å². The lowest BCUT2D eigenvalue weighted by molar-refractivity contribution is -0.149. The maximum absolute atomic E-state index is 12.7. The van der Waals surface area contributed by atoms with Crippen LogP contribution in [0.5, 0.6) is 0 Å². The Labute approximate surface area is 144 Å². The van der Waals surface area contributed by atoms with Gasteiger partial charge in [0.2, 0.25) is 5.91 Å². The van der Waals surface area contributed by atoms with Gasteiger partial charge in [0.15, 0.2) is 0 Å². The molecule has 1 heterocycles. The van der Waals surface area contributed by atoms with E-state index >= 15 is 0 Å². The summed E-state index contributed by atoms with van der Waals surface area (Å²) in [6.07, 6.45) is 1.86. The summed E-state index contributed by atoms with van der Waals surface area (Å²) in [6.45, 7) is 8.92. The van der Waals surface area contributed by atoms with Gasteiger partial charge in [-0.25, -0.2) is 0 Å². The predicted octanol–water partition coefficient (Wildman–Crippen LogP) is 4.02. The van der Waals surface area contributed by atoms with E-state index in [1.807, 2.05) is 6.92 Å². The number of amides is 1. The number of aliphatic carboxylic acids is 1. The van der Waals surface area contributed by atoms with Crippen LogP contribution in [0.1, 0.15) is 69.9 Å². The normalized spacial score (nSPS) is 22.5. The van der Waals surface area contributed by atoms with E-state index in [-0.39, 0.29) is 17.9 Å². The van der Waals surface area contributed by atoms with Gasteiger partial charge in [-0.1, -0.05) is 45.0 Å². The quantitative estimate of drug-likeness (QED) is 0.886. The Hall–Kier alpha value is -1.84. The predicted molar refractivity (Wildman–Crippen MR) is 95.1 cm³/mol. The zero-order chi connectivity index (χ0) is 17.9. The summed E-state index contributed by atoms with van der Waals surface area (Å²) < 4.78 is 0. The summed E-state index contributed by atoms with van der Waals surface area (Å²) in [6, 6.07) is 8.25. The highest BCUT2D eigenvalue weighted by atomic mass is 16.4. The van der Waals surface area contributed by atoms with Gasteiger partial charge in [-0.3, -0.25) is 9.59 Å². The number of carboxylic acids is 1. The van der Waals surface area contributed by atoms with Crippen molar-refractivity contribution < 1.29 is 14.7 Å². The lowest BCUT2D eigenvalue weighted by atomic mass is 9.89. The molecule has 1 N–H and O–H groups in total. The molecule has 0 radical (unpaired) electrons. The van der Waals surface area contributed by atoms with Crippen molar-refractivity contribution >= 4 is 11.9 Å². The topological polar surface area (TPSA) is 57.6 Å². The van der Waals surface area contributed by atoms with Crippen molar-refractivity contribution in [3.63, 3.8) is 0 Å². The Kier molecular flexibility index (Phi) is 6.03. The van der Waals surface area contributed by atoms with Crippen molar-refractivity contribution in [3.05, 3.63) is 35.4 Å². The third kappa shape index (κ3) is 4.16. The van der Waals surface area contributed by atoms with Gasteiger partial charge in [-0.05, 0) is 42.7 Å². The summed E-state index contributed by atoms with van der Waals surface area (Å²) in [5.74, 6) is -0.538. The number of rotatable bonds is 5. The highest BCUT2D eigenvalue weighted by Gasteiger charge is 2.35. The summed E-state index contributed by atoms with van der Waals surface area (Å²) in [7, 11) is 0. The molecule has 0 aliphatic carbocycles. The summed E-state index contributed by atoms with van der Waals surface area (Å²) in [5.41, 5.74) is 2.46. The summed E-state index contributed by atoms with van der Waals surface area (Å²) >= 11 is 0. The number of carboxylic acid groups (broad SMARTS) is 1. The van der Waals surface area contributed by atoms with E-state index < -0.39 is 11.9 Å². The molecule has 1 aliphatic rings. The molecule has 1 saturated heterocycles. The Morgan fingerprint density at radius 3 is 2.29 bits per heavy atom. The van der Waals surface area contributed by atoms with E-state index in [0.717, 1.165) is 12.0 Å². The SMILES string of the molecule is CC(C)c1ccc(C(C)CC(=O)N2CCC[C@H](C(=O)O)[C@@H]2C)cc1. The third-order valence-electron chi connectivity index (χ3n) is 5.28. The fraction of sp³-hybridized carbons (Fsp3) is 0.600. The number of benzene rings is 1. The zero-order valence-corrected chi connectivity index (χ0v) is 15.2. The van der Waals surface area contributed by atoms with E-state index in [4.69, 9.17) is 0 Å². The first-order chi connectivity index (χ1) is 11.3. The van der Waals surface area contributed by atoms with Crippen LogP contribution in [0.3, 0.4) is 0 Å². The molecule has 0 aromatic heterocycles. The maximum atomic E-state index is 12.7. The van der Waals surface area contributed by atoms with Gasteiger partial charge in [0.05, 0.1) is 5.92 Å². The molecule has 1 aromatic carbocycles. The number of likely N-dealkylation sites (tertiary alicyclic amines) is 1. The molecule has 4 heteroatoms. The number of carbonyl (C=O) groups is 2. The van der Waals surface area contributed by atoms with Gasteiger partial charge < -0.3 is 10.0 Å². The molecule has 132 valence electrons. The lowest BCUT2D eigenvalue weighted by Crippen LogP contribution is -2.49. The number of carbonyl (C=O) groups excluding carboxylic acids is 1. The molecule has 24 heavy (non-hydrogen) atoms. The van der Waals surface area contributed by atoms with Crippen molar-refractivity contribution in [2.75, 3.05) is 6.54 Å². The molecule has 0 spiro atoms. The van der Waals surface area contributed by atoms with Gasteiger partial charge in [0.1, 0.15) is 0 Å². The monoisotopic (exact) mass is 331 g/mol. The lowest BCUT2D eigenvalue weighted by Gasteiger charge is -2.38. The summed E-state index contributed by atoms with van der Waals surface area (Å²) in [4.78, 5) is 25.8.